The highest BCUT2D eigenvalue weighted by molar-refractivity contribution is 5.89. The van der Waals surface area contributed by atoms with Gasteiger partial charge in [-0.05, 0) is 11.8 Å². The standard InChI is InChI=1S/C9H15NO3/c1-9(2,3)5-4-6(8(12)13)10-7(5)11/h5-6H,4H2,1-3H3,(H,10,11)(H,12,13). The van der Waals surface area contributed by atoms with Crippen molar-refractivity contribution in [3.05, 3.63) is 0 Å². The normalized spacial score (nSPS) is 28.7. The Morgan fingerprint density at radius 3 is 2.31 bits per heavy atom. The second kappa shape index (κ2) is 3.01. The summed E-state index contributed by atoms with van der Waals surface area (Å²) in [6, 6.07) is -0.697. The summed E-state index contributed by atoms with van der Waals surface area (Å²) < 4.78 is 0. The van der Waals surface area contributed by atoms with Crippen LogP contribution in [0.5, 0.6) is 0 Å². The second-order valence-electron chi connectivity index (χ2n) is 4.55. The van der Waals surface area contributed by atoms with E-state index in [0.717, 1.165) is 0 Å². The van der Waals surface area contributed by atoms with E-state index in [4.69, 9.17) is 5.11 Å². The summed E-state index contributed by atoms with van der Waals surface area (Å²) in [6.07, 6.45) is 0.400. The van der Waals surface area contributed by atoms with E-state index in [1.807, 2.05) is 20.8 Å². The molecule has 1 aliphatic heterocycles. The van der Waals surface area contributed by atoms with Crippen molar-refractivity contribution in [3.8, 4) is 0 Å². The van der Waals surface area contributed by atoms with Crippen LogP contribution in [0, 0.1) is 11.3 Å². The highest BCUT2D eigenvalue weighted by Gasteiger charge is 2.42. The minimum atomic E-state index is -0.944. The molecular weight excluding hydrogens is 170 g/mol. The van der Waals surface area contributed by atoms with Gasteiger partial charge in [0.1, 0.15) is 6.04 Å². The summed E-state index contributed by atoms with van der Waals surface area (Å²) >= 11 is 0. The van der Waals surface area contributed by atoms with Crippen molar-refractivity contribution in [1.82, 2.24) is 5.32 Å². The van der Waals surface area contributed by atoms with Crippen molar-refractivity contribution in [1.29, 1.82) is 0 Å². The van der Waals surface area contributed by atoms with Gasteiger partial charge in [0, 0.05) is 5.92 Å². The highest BCUT2D eigenvalue weighted by atomic mass is 16.4. The van der Waals surface area contributed by atoms with Gasteiger partial charge in [0.15, 0.2) is 0 Å². The largest absolute Gasteiger partial charge is 0.480 e. The second-order valence-corrected chi connectivity index (χ2v) is 4.55. The molecule has 1 heterocycles. The molecule has 2 unspecified atom stereocenters. The van der Waals surface area contributed by atoms with Gasteiger partial charge in [-0.1, -0.05) is 20.8 Å². The molecule has 0 bridgehead atoms. The van der Waals surface area contributed by atoms with E-state index >= 15 is 0 Å². The first-order valence-electron chi connectivity index (χ1n) is 4.35. The molecule has 74 valence electrons. The zero-order valence-electron chi connectivity index (χ0n) is 8.13. The molecule has 0 aliphatic carbocycles. The molecule has 0 aromatic carbocycles. The van der Waals surface area contributed by atoms with Crippen LogP contribution >= 0.6 is 0 Å². The number of nitrogens with one attached hydrogen (secondary N) is 1. The van der Waals surface area contributed by atoms with E-state index < -0.39 is 12.0 Å². The summed E-state index contributed by atoms with van der Waals surface area (Å²) in [5.74, 6) is -1.27. The fourth-order valence-corrected chi connectivity index (χ4v) is 1.58. The van der Waals surface area contributed by atoms with Gasteiger partial charge < -0.3 is 10.4 Å². The van der Waals surface area contributed by atoms with Gasteiger partial charge in [0.2, 0.25) is 5.91 Å². The van der Waals surface area contributed by atoms with Gasteiger partial charge in [-0.2, -0.15) is 0 Å². The topological polar surface area (TPSA) is 66.4 Å². The van der Waals surface area contributed by atoms with Crippen molar-refractivity contribution < 1.29 is 14.7 Å². The first kappa shape index (κ1) is 10.0. The lowest BCUT2D eigenvalue weighted by Crippen LogP contribution is -2.33. The van der Waals surface area contributed by atoms with E-state index in [2.05, 4.69) is 5.32 Å². The van der Waals surface area contributed by atoms with Gasteiger partial charge in [0.25, 0.3) is 0 Å². The zero-order valence-corrected chi connectivity index (χ0v) is 8.13. The predicted octanol–water partition coefficient (Wildman–Crippen LogP) is 0.622. The molecule has 0 radical (unpaired) electrons. The van der Waals surface area contributed by atoms with E-state index in [1.54, 1.807) is 0 Å². The summed E-state index contributed by atoms with van der Waals surface area (Å²) in [5, 5.41) is 11.2. The molecule has 2 N–H and O–H groups in total. The van der Waals surface area contributed by atoms with Crippen LogP contribution in [0.15, 0.2) is 0 Å². The van der Waals surface area contributed by atoms with Crippen LogP contribution in [0.4, 0.5) is 0 Å². The van der Waals surface area contributed by atoms with Gasteiger partial charge in [-0.3, -0.25) is 4.79 Å². The Morgan fingerprint density at radius 2 is 2.08 bits per heavy atom. The van der Waals surface area contributed by atoms with Crippen molar-refractivity contribution in [2.75, 3.05) is 0 Å². The third-order valence-electron chi connectivity index (χ3n) is 2.45. The average molecular weight is 185 g/mol. The maximum absolute atomic E-state index is 11.4. The lowest BCUT2D eigenvalue weighted by Gasteiger charge is -2.23. The molecule has 4 nitrogen and oxygen atoms in total. The van der Waals surface area contributed by atoms with E-state index in [0.29, 0.717) is 6.42 Å². The summed E-state index contributed by atoms with van der Waals surface area (Å²) in [4.78, 5) is 22.0. The van der Waals surface area contributed by atoms with E-state index in [9.17, 15) is 9.59 Å². The fraction of sp³-hybridized carbons (Fsp3) is 0.778. The SMILES string of the molecule is CC(C)(C)C1CC(C(=O)O)NC1=O. The monoisotopic (exact) mass is 185 g/mol. The summed E-state index contributed by atoms with van der Waals surface area (Å²) in [5.41, 5.74) is -0.158. The minimum Gasteiger partial charge on any atom is -0.480 e. The highest BCUT2D eigenvalue weighted by Crippen LogP contribution is 2.33. The quantitative estimate of drug-likeness (QED) is 0.629. The first-order chi connectivity index (χ1) is 5.82. The van der Waals surface area contributed by atoms with Crippen LogP contribution < -0.4 is 5.32 Å². The molecule has 0 spiro atoms. The third-order valence-corrected chi connectivity index (χ3v) is 2.45. The van der Waals surface area contributed by atoms with E-state index in [1.165, 1.54) is 0 Å². The zero-order chi connectivity index (χ0) is 10.2. The number of hydrogen-bond acceptors (Lipinski definition) is 2. The van der Waals surface area contributed by atoms with Crippen LogP contribution in [0.3, 0.4) is 0 Å². The molecule has 1 amide bonds. The number of hydrogen-bond donors (Lipinski definition) is 2. The fourth-order valence-electron chi connectivity index (χ4n) is 1.58. The minimum absolute atomic E-state index is 0.139. The maximum Gasteiger partial charge on any atom is 0.326 e. The van der Waals surface area contributed by atoms with Crippen molar-refractivity contribution in [3.63, 3.8) is 0 Å². The number of carboxylic acids is 1. The predicted molar refractivity (Wildman–Crippen MR) is 47.1 cm³/mol. The third kappa shape index (κ3) is 1.99. The number of amides is 1. The first-order valence-corrected chi connectivity index (χ1v) is 4.35. The van der Waals surface area contributed by atoms with E-state index in [-0.39, 0.29) is 17.2 Å². The average Bonchev–Trinajstić information content (AvgIpc) is 2.29. The van der Waals surface area contributed by atoms with Gasteiger partial charge in [0.05, 0.1) is 0 Å². The Hall–Kier alpha value is -1.06. The van der Waals surface area contributed by atoms with Crippen LogP contribution in [-0.2, 0) is 9.59 Å². The Kier molecular flexibility index (Phi) is 2.32. The van der Waals surface area contributed by atoms with Crippen molar-refractivity contribution in [2.24, 2.45) is 11.3 Å². The van der Waals surface area contributed by atoms with Crippen LogP contribution in [0.1, 0.15) is 27.2 Å². The molecule has 1 aliphatic rings. The lowest BCUT2D eigenvalue weighted by atomic mass is 9.79. The Balaban J connectivity index is 2.73. The number of carboxylic acid groups (broad SMARTS) is 1. The molecular formula is C9H15NO3. The molecule has 1 fully saturated rings. The molecule has 0 aromatic rings. The smallest absolute Gasteiger partial charge is 0.326 e. The molecule has 13 heavy (non-hydrogen) atoms. The molecule has 1 rings (SSSR count). The summed E-state index contributed by atoms with van der Waals surface area (Å²) in [7, 11) is 0. The number of carbonyl (C=O) groups is 2. The number of rotatable bonds is 1. The van der Waals surface area contributed by atoms with Gasteiger partial charge >= 0.3 is 5.97 Å². The van der Waals surface area contributed by atoms with Crippen molar-refractivity contribution in [2.45, 2.75) is 33.2 Å². The Bertz CT molecular complexity index is 242. The Labute approximate surface area is 77.3 Å². The van der Waals surface area contributed by atoms with Crippen LogP contribution in [0.25, 0.3) is 0 Å². The maximum atomic E-state index is 11.4. The number of carbonyl (C=O) groups excluding carboxylic acids is 1. The molecule has 2 atom stereocenters. The Morgan fingerprint density at radius 1 is 1.54 bits per heavy atom. The lowest BCUT2D eigenvalue weighted by molar-refractivity contribution is -0.140. The number of aliphatic carboxylic acids is 1. The van der Waals surface area contributed by atoms with Gasteiger partial charge in [-0.15, -0.1) is 0 Å². The van der Waals surface area contributed by atoms with Crippen LogP contribution in [0.2, 0.25) is 0 Å². The molecule has 1 saturated heterocycles. The molecule has 0 aromatic heterocycles. The van der Waals surface area contributed by atoms with Crippen molar-refractivity contribution >= 4 is 11.9 Å². The van der Waals surface area contributed by atoms with Gasteiger partial charge in [-0.25, -0.2) is 4.79 Å². The molecule has 0 saturated carbocycles. The molecule has 4 heteroatoms. The summed E-state index contributed by atoms with van der Waals surface area (Å²) in [6.45, 7) is 5.84. The van der Waals surface area contributed by atoms with Crippen LogP contribution in [-0.4, -0.2) is 23.0 Å².